The Kier molecular flexibility index (Phi) is 8.90. The average Bonchev–Trinajstić information content (AvgIpc) is 4.04. The summed E-state index contributed by atoms with van der Waals surface area (Å²) in [7, 11) is 0. The van der Waals surface area contributed by atoms with Crippen LogP contribution in [0.5, 0.6) is 0 Å². The summed E-state index contributed by atoms with van der Waals surface area (Å²) in [4.78, 5) is 4.78. The van der Waals surface area contributed by atoms with Crippen molar-refractivity contribution < 1.29 is 0 Å². The van der Waals surface area contributed by atoms with Crippen molar-refractivity contribution in [3.63, 3.8) is 0 Å². The van der Waals surface area contributed by atoms with Crippen LogP contribution in [-0.2, 0) is 0 Å². The van der Waals surface area contributed by atoms with Gasteiger partial charge in [0.05, 0.1) is 11.0 Å². The lowest BCUT2D eigenvalue weighted by Gasteiger charge is -2.29. The van der Waals surface area contributed by atoms with E-state index in [-0.39, 0.29) is 0 Å². The van der Waals surface area contributed by atoms with Crippen LogP contribution in [0.25, 0.3) is 79.0 Å². The van der Waals surface area contributed by atoms with Crippen LogP contribution < -0.4 is 9.80 Å². The Morgan fingerprint density at radius 1 is 0.262 bits per heavy atom. The van der Waals surface area contributed by atoms with E-state index in [0.29, 0.717) is 0 Å². The summed E-state index contributed by atoms with van der Waals surface area (Å²) in [6.07, 6.45) is 0. The zero-order chi connectivity index (χ0) is 42.8. The molecule has 0 spiro atoms. The van der Waals surface area contributed by atoms with Crippen molar-refractivity contribution >= 4 is 119 Å². The van der Waals surface area contributed by atoms with E-state index in [9.17, 15) is 0 Å². The fourth-order valence-electron chi connectivity index (χ4n) is 9.76. The zero-order valence-electron chi connectivity index (χ0n) is 35.2. The van der Waals surface area contributed by atoms with E-state index < -0.39 is 0 Å². The van der Waals surface area contributed by atoms with Gasteiger partial charge in [0.15, 0.2) is 0 Å². The molecule has 0 saturated heterocycles. The average molecular weight is 866 g/mol. The summed E-state index contributed by atoms with van der Waals surface area (Å²) in [5.41, 5.74) is 12.6. The van der Waals surface area contributed by atoms with E-state index in [4.69, 9.17) is 0 Å². The van der Waals surface area contributed by atoms with Crippen LogP contribution in [-0.4, -0.2) is 4.57 Å². The van der Waals surface area contributed by atoms with Crippen LogP contribution in [0, 0.1) is 0 Å². The zero-order valence-corrected chi connectivity index (χ0v) is 36.8. The lowest BCUT2D eigenvalue weighted by atomic mass is 10.0. The summed E-state index contributed by atoms with van der Waals surface area (Å²) >= 11 is 3.72. The Morgan fingerprint density at radius 3 is 1.38 bits per heavy atom. The molecular weight excluding hydrogens is 827 g/mol. The molecule has 5 heteroatoms. The van der Waals surface area contributed by atoms with Gasteiger partial charge < -0.3 is 14.4 Å². The second-order valence-electron chi connectivity index (χ2n) is 16.6. The molecule has 3 aromatic heterocycles. The Morgan fingerprint density at radius 2 is 0.708 bits per heavy atom. The van der Waals surface area contributed by atoms with Crippen molar-refractivity contribution in [1.82, 2.24) is 4.57 Å². The summed E-state index contributed by atoms with van der Waals surface area (Å²) in [5, 5.41) is 7.60. The molecule has 0 aliphatic rings. The molecule has 0 saturated carbocycles. The molecule has 0 amide bonds. The van der Waals surface area contributed by atoms with Crippen LogP contribution in [0.15, 0.2) is 237 Å². The maximum absolute atomic E-state index is 2.44. The maximum atomic E-state index is 2.44. The number of benzene rings is 10. The molecule has 0 aliphatic heterocycles. The van der Waals surface area contributed by atoms with Gasteiger partial charge in [0, 0.05) is 90.9 Å². The lowest BCUT2D eigenvalue weighted by Crippen LogP contribution is -2.13. The molecule has 3 heterocycles. The molecule has 3 nitrogen and oxygen atoms in total. The quantitative estimate of drug-likeness (QED) is 0.151. The highest BCUT2D eigenvalue weighted by Crippen LogP contribution is 2.46. The van der Waals surface area contributed by atoms with Crippen LogP contribution in [0.3, 0.4) is 0 Å². The van der Waals surface area contributed by atoms with Crippen LogP contribution in [0.1, 0.15) is 0 Å². The minimum absolute atomic E-state index is 1.08. The van der Waals surface area contributed by atoms with Crippen molar-refractivity contribution in [3.05, 3.63) is 237 Å². The van der Waals surface area contributed by atoms with Gasteiger partial charge in [-0.3, -0.25) is 0 Å². The van der Waals surface area contributed by atoms with Gasteiger partial charge in [0.1, 0.15) is 0 Å². The fraction of sp³-hybridized carbons (Fsp3) is 0. The lowest BCUT2D eigenvalue weighted by molar-refractivity contribution is 1.18. The maximum Gasteiger partial charge on any atom is 0.0547 e. The number of hydrogen-bond donors (Lipinski definition) is 0. The summed E-state index contributed by atoms with van der Waals surface area (Å²) in [6.45, 7) is 0. The summed E-state index contributed by atoms with van der Waals surface area (Å²) < 4.78 is 7.54. The highest BCUT2D eigenvalue weighted by Gasteiger charge is 2.20. The fourth-order valence-corrected chi connectivity index (χ4v) is 11.9. The molecule has 0 aliphatic carbocycles. The minimum atomic E-state index is 1.08. The van der Waals surface area contributed by atoms with Gasteiger partial charge in [0.25, 0.3) is 0 Å². The second kappa shape index (κ2) is 15.4. The summed E-state index contributed by atoms with van der Waals surface area (Å²) in [6, 6.07) is 86.4. The number of rotatable bonds is 8. The first-order valence-corrected chi connectivity index (χ1v) is 23.6. The van der Waals surface area contributed by atoms with E-state index in [2.05, 4.69) is 251 Å². The van der Waals surface area contributed by atoms with Crippen molar-refractivity contribution in [2.45, 2.75) is 0 Å². The monoisotopic (exact) mass is 865 g/mol. The molecule has 0 bridgehead atoms. The third kappa shape index (κ3) is 6.39. The number of thiophene rings is 2. The Balaban J connectivity index is 0.981. The smallest absolute Gasteiger partial charge is 0.0547 e. The molecule has 0 radical (unpaired) electrons. The first-order valence-electron chi connectivity index (χ1n) is 22.0. The predicted molar refractivity (Wildman–Crippen MR) is 281 cm³/mol. The number of fused-ring (bicyclic) bond motifs is 9. The number of para-hydroxylation sites is 4. The van der Waals surface area contributed by atoms with Crippen LogP contribution in [0.2, 0.25) is 0 Å². The van der Waals surface area contributed by atoms with Gasteiger partial charge in [-0.05, 0) is 132 Å². The highest BCUT2D eigenvalue weighted by atomic mass is 32.1. The first-order chi connectivity index (χ1) is 32.2. The SMILES string of the molecule is c1ccc(N(c2ccccc2)c2cccc(N(c3ccc4sc5ccccc5c4c3)c3ccc4sc5ccc(-c6ccc7c8ccccc8n(-c8ccccc8)c7c6)cc5c4c3)c2)cc1. The third-order valence-electron chi connectivity index (χ3n) is 12.7. The van der Waals surface area contributed by atoms with Gasteiger partial charge in [-0.25, -0.2) is 0 Å². The van der Waals surface area contributed by atoms with E-state index >= 15 is 0 Å². The molecule has 0 N–H and O–H groups in total. The van der Waals surface area contributed by atoms with Crippen LogP contribution in [0.4, 0.5) is 34.1 Å². The number of anilines is 6. The summed E-state index contributed by atoms with van der Waals surface area (Å²) in [5.74, 6) is 0. The van der Waals surface area contributed by atoms with Crippen molar-refractivity contribution in [2.24, 2.45) is 0 Å². The first kappa shape index (κ1) is 37.6. The molecule has 13 aromatic rings. The second-order valence-corrected chi connectivity index (χ2v) is 18.7. The standard InChI is InChI=1S/C60H39N3S2/c1-4-15-42(16-5-1)61(43-17-6-2-7-18-43)45-21-14-22-46(37-45)62(47-29-33-59-53(38-47)51-24-11-13-26-57(51)64-59)48-30-34-60-54(39-48)52-35-40(28-32-58(52)65-60)41-27-31-50-49-23-10-12-25-55(49)63(56(50)36-41)44-19-8-3-9-20-44/h1-39H. The van der Waals surface area contributed by atoms with E-state index in [1.54, 1.807) is 0 Å². The van der Waals surface area contributed by atoms with Gasteiger partial charge >= 0.3 is 0 Å². The van der Waals surface area contributed by atoms with Crippen molar-refractivity contribution in [3.8, 4) is 16.8 Å². The van der Waals surface area contributed by atoms with Gasteiger partial charge in [-0.1, -0.05) is 115 Å². The Labute approximate surface area is 384 Å². The molecule has 0 fully saturated rings. The van der Waals surface area contributed by atoms with E-state index in [0.717, 1.165) is 39.8 Å². The molecule has 65 heavy (non-hydrogen) atoms. The van der Waals surface area contributed by atoms with Crippen LogP contribution >= 0.6 is 22.7 Å². The third-order valence-corrected chi connectivity index (χ3v) is 15.0. The number of hydrogen-bond acceptors (Lipinski definition) is 4. The minimum Gasteiger partial charge on any atom is -0.310 e. The number of aromatic nitrogens is 1. The molecule has 0 atom stereocenters. The topological polar surface area (TPSA) is 11.4 Å². The van der Waals surface area contributed by atoms with E-state index in [1.165, 1.54) is 73.3 Å². The van der Waals surface area contributed by atoms with E-state index in [1.807, 2.05) is 22.7 Å². The largest absolute Gasteiger partial charge is 0.310 e. The van der Waals surface area contributed by atoms with Gasteiger partial charge in [0.2, 0.25) is 0 Å². The van der Waals surface area contributed by atoms with Crippen molar-refractivity contribution in [1.29, 1.82) is 0 Å². The predicted octanol–water partition coefficient (Wildman–Crippen LogP) is 18.1. The Bertz CT molecular complexity index is 3860. The Hall–Kier alpha value is -7.96. The molecule has 10 aromatic carbocycles. The number of nitrogens with zero attached hydrogens (tertiary/aromatic N) is 3. The molecule has 13 rings (SSSR count). The highest BCUT2D eigenvalue weighted by molar-refractivity contribution is 7.26. The molecule has 0 unspecified atom stereocenters. The van der Waals surface area contributed by atoms with Gasteiger partial charge in [-0.2, -0.15) is 0 Å². The molecular formula is C60H39N3S2. The van der Waals surface area contributed by atoms with Gasteiger partial charge in [-0.15, -0.1) is 22.7 Å². The molecule has 306 valence electrons. The normalized spacial score (nSPS) is 11.7. The van der Waals surface area contributed by atoms with Crippen molar-refractivity contribution in [2.75, 3.05) is 9.80 Å².